The molecular formula is C21H21F3O4. The first-order chi connectivity index (χ1) is 13.2. The molecule has 1 aliphatic carbocycles. The van der Waals surface area contributed by atoms with Gasteiger partial charge in [-0.25, -0.2) is 4.79 Å². The van der Waals surface area contributed by atoms with Gasteiger partial charge in [-0.15, -0.1) is 0 Å². The highest BCUT2D eigenvalue weighted by molar-refractivity contribution is 5.65. The Kier molecular flexibility index (Phi) is 5.54. The molecule has 0 spiro atoms. The maximum absolute atomic E-state index is 13.4. The zero-order valence-electron chi connectivity index (χ0n) is 15.9. The summed E-state index contributed by atoms with van der Waals surface area (Å²) in [6.07, 6.45) is -3.47. The molecule has 0 aromatic heterocycles. The third kappa shape index (κ3) is 4.40. The van der Waals surface area contributed by atoms with Gasteiger partial charge >= 0.3 is 12.3 Å². The summed E-state index contributed by atoms with van der Waals surface area (Å²) in [7, 11) is 1.19. The van der Waals surface area contributed by atoms with Crippen LogP contribution in [0.5, 0.6) is 11.5 Å². The van der Waals surface area contributed by atoms with Crippen molar-refractivity contribution in [3.63, 3.8) is 0 Å². The van der Waals surface area contributed by atoms with Crippen LogP contribution >= 0.6 is 0 Å². The number of methoxy groups -OCH3 is 1. The van der Waals surface area contributed by atoms with Gasteiger partial charge in [-0.2, -0.15) is 13.2 Å². The summed E-state index contributed by atoms with van der Waals surface area (Å²) in [4.78, 5) is 11.5. The van der Waals surface area contributed by atoms with Crippen molar-refractivity contribution in [3.05, 3.63) is 58.1 Å². The normalized spacial score (nSPS) is 13.9. The fourth-order valence-electron chi connectivity index (χ4n) is 3.02. The molecule has 0 heterocycles. The third-order valence-corrected chi connectivity index (χ3v) is 4.82. The number of halogens is 3. The summed E-state index contributed by atoms with van der Waals surface area (Å²) in [5.74, 6) is 0.278. The largest absolute Gasteiger partial charge is 0.513 e. The second-order valence-corrected chi connectivity index (χ2v) is 6.87. The van der Waals surface area contributed by atoms with E-state index in [4.69, 9.17) is 9.47 Å². The van der Waals surface area contributed by atoms with Crippen LogP contribution in [-0.4, -0.2) is 13.3 Å². The topological polar surface area (TPSA) is 44.8 Å². The minimum Gasteiger partial charge on any atom is -0.488 e. The van der Waals surface area contributed by atoms with Gasteiger partial charge in [-0.1, -0.05) is 12.1 Å². The maximum atomic E-state index is 13.4. The molecule has 28 heavy (non-hydrogen) atoms. The van der Waals surface area contributed by atoms with Crippen molar-refractivity contribution in [2.45, 2.75) is 45.4 Å². The average Bonchev–Trinajstić information content (AvgIpc) is 3.46. The molecule has 1 fully saturated rings. The Balaban J connectivity index is 1.94. The summed E-state index contributed by atoms with van der Waals surface area (Å²) in [5.41, 5.74) is 1.88. The van der Waals surface area contributed by atoms with Crippen LogP contribution in [0.25, 0.3) is 0 Å². The van der Waals surface area contributed by atoms with E-state index < -0.39 is 17.9 Å². The molecule has 1 saturated carbocycles. The molecule has 4 nitrogen and oxygen atoms in total. The quantitative estimate of drug-likeness (QED) is 0.466. The number of hydrogen-bond donors (Lipinski definition) is 0. The number of carbonyl (C=O) groups is 1. The Labute approximate surface area is 161 Å². The average molecular weight is 394 g/mol. The molecule has 0 aliphatic heterocycles. The minimum absolute atomic E-state index is 0.148. The van der Waals surface area contributed by atoms with E-state index in [1.54, 1.807) is 26.0 Å². The van der Waals surface area contributed by atoms with Crippen LogP contribution in [0.2, 0.25) is 0 Å². The lowest BCUT2D eigenvalue weighted by molar-refractivity contribution is -0.139. The molecule has 150 valence electrons. The molecule has 2 aromatic carbocycles. The fraction of sp³-hybridized carbons (Fsp3) is 0.381. The van der Waals surface area contributed by atoms with E-state index in [-0.39, 0.29) is 18.1 Å². The number of carbonyl (C=O) groups excluding carboxylic acids is 1. The first-order valence-corrected chi connectivity index (χ1v) is 8.89. The fourth-order valence-corrected chi connectivity index (χ4v) is 3.02. The molecule has 0 bridgehead atoms. The van der Waals surface area contributed by atoms with Gasteiger partial charge in [0.15, 0.2) is 0 Å². The minimum atomic E-state index is -4.53. The molecule has 0 unspecified atom stereocenters. The third-order valence-electron chi connectivity index (χ3n) is 4.82. The smallest absolute Gasteiger partial charge is 0.488 e. The predicted molar refractivity (Wildman–Crippen MR) is 96.7 cm³/mol. The number of aryl methyl sites for hydroxylation is 2. The van der Waals surface area contributed by atoms with Gasteiger partial charge in [0, 0.05) is 5.56 Å². The van der Waals surface area contributed by atoms with Crippen LogP contribution in [-0.2, 0) is 17.5 Å². The van der Waals surface area contributed by atoms with Crippen LogP contribution in [0, 0.1) is 13.8 Å². The Hall–Kier alpha value is -2.70. The molecule has 0 amide bonds. The summed E-state index contributed by atoms with van der Waals surface area (Å²) >= 11 is 0. The van der Waals surface area contributed by atoms with Gasteiger partial charge in [-0.05, 0) is 67.5 Å². The van der Waals surface area contributed by atoms with Crippen LogP contribution in [0.1, 0.15) is 46.6 Å². The number of hydrogen-bond acceptors (Lipinski definition) is 4. The molecule has 3 rings (SSSR count). The molecule has 1 aliphatic rings. The number of rotatable bonds is 5. The van der Waals surface area contributed by atoms with Crippen LogP contribution in [0.15, 0.2) is 30.3 Å². The lowest BCUT2D eigenvalue weighted by atomic mass is 10.0. The van der Waals surface area contributed by atoms with Crippen molar-refractivity contribution in [2.24, 2.45) is 0 Å². The lowest BCUT2D eigenvalue weighted by Gasteiger charge is -2.18. The highest BCUT2D eigenvalue weighted by Gasteiger charge is 2.35. The Bertz CT molecular complexity index is 886. The molecule has 0 saturated heterocycles. The number of benzene rings is 2. The van der Waals surface area contributed by atoms with Crippen LogP contribution in [0.4, 0.5) is 18.0 Å². The monoisotopic (exact) mass is 394 g/mol. The summed E-state index contributed by atoms with van der Waals surface area (Å²) in [6.45, 7) is 3.20. The van der Waals surface area contributed by atoms with E-state index in [1.165, 1.54) is 13.2 Å². The van der Waals surface area contributed by atoms with Gasteiger partial charge in [-0.3, -0.25) is 0 Å². The number of ether oxygens (including phenoxy) is 3. The zero-order chi connectivity index (χ0) is 20.5. The highest BCUT2D eigenvalue weighted by Crippen LogP contribution is 2.44. The summed E-state index contributed by atoms with van der Waals surface area (Å²) in [5, 5.41) is 0. The van der Waals surface area contributed by atoms with Crippen molar-refractivity contribution in [1.82, 2.24) is 0 Å². The first kappa shape index (κ1) is 20.0. The highest BCUT2D eigenvalue weighted by atomic mass is 19.4. The Morgan fingerprint density at radius 3 is 2.39 bits per heavy atom. The first-order valence-electron chi connectivity index (χ1n) is 8.89. The lowest BCUT2D eigenvalue weighted by Crippen LogP contribution is -2.13. The van der Waals surface area contributed by atoms with Gasteiger partial charge < -0.3 is 14.2 Å². The van der Waals surface area contributed by atoms with Crippen molar-refractivity contribution >= 4 is 6.16 Å². The van der Waals surface area contributed by atoms with Gasteiger partial charge in [0.2, 0.25) is 0 Å². The maximum Gasteiger partial charge on any atom is 0.513 e. The molecule has 7 heteroatoms. The van der Waals surface area contributed by atoms with E-state index in [0.717, 1.165) is 24.5 Å². The van der Waals surface area contributed by atoms with Crippen molar-refractivity contribution < 1.29 is 32.2 Å². The van der Waals surface area contributed by atoms with Crippen molar-refractivity contribution in [2.75, 3.05) is 7.11 Å². The SMILES string of the molecule is COC(=O)Oc1cccc(C2CC2)c1COc1cc(C)c(C)cc1C(F)(F)F. The number of alkyl halides is 3. The van der Waals surface area contributed by atoms with E-state index in [1.807, 2.05) is 6.07 Å². The van der Waals surface area contributed by atoms with Crippen LogP contribution < -0.4 is 9.47 Å². The van der Waals surface area contributed by atoms with Gasteiger partial charge in [0.05, 0.1) is 12.7 Å². The van der Waals surface area contributed by atoms with E-state index >= 15 is 0 Å². The second-order valence-electron chi connectivity index (χ2n) is 6.87. The van der Waals surface area contributed by atoms with Crippen molar-refractivity contribution in [3.8, 4) is 11.5 Å². The molecular weight excluding hydrogens is 373 g/mol. The van der Waals surface area contributed by atoms with E-state index in [2.05, 4.69) is 4.74 Å². The predicted octanol–water partition coefficient (Wildman–Crippen LogP) is 5.92. The second kappa shape index (κ2) is 7.73. The van der Waals surface area contributed by atoms with Gasteiger partial charge in [0.1, 0.15) is 18.1 Å². The van der Waals surface area contributed by atoms with Crippen molar-refractivity contribution in [1.29, 1.82) is 0 Å². The molecule has 2 aromatic rings. The molecule has 0 radical (unpaired) electrons. The summed E-state index contributed by atoms with van der Waals surface area (Å²) in [6, 6.07) is 7.67. The summed E-state index contributed by atoms with van der Waals surface area (Å²) < 4.78 is 55.6. The Morgan fingerprint density at radius 1 is 1.11 bits per heavy atom. The molecule has 0 N–H and O–H groups in total. The van der Waals surface area contributed by atoms with E-state index in [0.29, 0.717) is 22.6 Å². The van der Waals surface area contributed by atoms with Gasteiger partial charge in [0.25, 0.3) is 0 Å². The van der Waals surface area contributed by atoms with Crippen LogP contribution in [0.3, 0.4) is 0 Å². The Morgan fingerprint density at radius 2 is 1.79 bits per heavy atom. The zero-order valence-corrected chi connectivity index (χ0v) is 15.9. The standard InChI is InChI=1S/C21H21F3O4/c1-12-9-17(21(22,23)24)19(10-13(12)2)27-11-16-15(14-7-8-14)5-4-6-18(16)28-20(25)26-3/h4-6,9-10,14H,7-8,11H2,1-3H3. The van der Waals surface area contributed by atoms with E-state index in [9.17, 15) is 18.0 Å². The molecule has 0 atom stereocenters.